The molecule has 0 atom stereocenters. The summed E-state index contributed by atoms with van der Waals surface area (Å²) in [5.41, 5.74) is 3.43. The number of thioether (sulfide) groups is 1. The highest BCUT2D eigenvalue weighted by Crippen LogP contribution is 2.27. The average molecular weight is 388 g/mol. The van der Waals surface area contributed by atoms with Crippen molar-refractivity contribution in [1.29, 1.82) is 0 Å². The van der Waals surface area contributed by atoms with Gasteiger partial charge in [0, 0.05) is 29.1 Å². The molecule has 0 aliphatic rings. The monoisotopic (exact) mass is 387 g/mol. The number of hydrogen-bond acceptors (Lipinski definition) is 5. The quantitative estimate of drug-likeness (QED) is 0.628. The van der Waals surface area contributed by atoms with Gasteiger partial charge < -0.3 is 9.84 Å². The SMILES string of the molecule is Cc1noc(C)c1CSc1ncccc1C(=O)NCc1ccc(Cl)cc1. The van der Waals surface area contributed by atoms with Gasteiger partial charge in [0.25, 0.3) is 5.91 Å². The van der Waals surface area contributed by atoms with Crippen LogP contribution in [0.1, 0.15) is 32.9 Å². The minimum absolute atomic E-state index is 0.158. The molecule has 2 aromatic heterocycles. The van der Waals surface area contributed by atoms with Crippen LogP contribution in [0.25, 0.3) is 0 Å². The number of nitrogens with one attached hydrogen (secondary N) is 1. The molecule has 0 fully saturated rings. The zero-order chi connectivity index (χ0) is 18.5. The maximum absolute atomic E-state index is 12.6. The Morgan fingerprint density at radius 3 is 2.69 bits per heavy atom. The van der Waals surface area contributed by atoms with E-state index >= 15 is 0 Å². The van der Waals surface area contributed by atoms with Crippen molar-refractivity contribution in [3.8, 4) is 0 Å². The molecular weight excluding hydrogens is 370 g/mol. The molecule has 0 aliphatic carbocycles. The molecule has 3 aromatic rings. The number of hydrogen-bond donors (Lipinski definition) is 1. The van der Waals surface area contributed by atoms with Crippen LogP contribution < -0.4 is 5.32 Å². The fraction of sp³-hybridized carbons (Fsp3) is 0.211. The van der Waals surface area contributed by atoms with E-state index in [0.29, 0.717) is 27.9 Å². The molecule has 2 heterocycles. The van der Waals surface area contributed by atoms with Crippen LogP contribution in [0, 0.1) is 13.8 Å². The van der Waals surface area contributed by atoms with Crippen LogP contribution in [-0.2, 0) is 12.3 Å². The first kappa shape index (κ1) is 18.5. The summed E-state index contributed by atoms with van der Waals surface area (Å²) in [7, 11) is 0. The Morgan fingerprint density at radius 1 is 1.23 bits per heavy atom. The number of carbonyl (C=O) groups excluding carboxylic acids is 1. The van der Waals surface area contributed by atoms with Gasteiger partial charge in [0.15, 0.2) is 0 Å². The van der Waals surface area contributed by atoms with Crippen LogP contribution in [0.2, 0.25) is 5.02 Å². The molecule has 0 radical (unpaired) electrons. The lowest BCUT2D eigenvalue weighted by Crippen LogP contribution is -2.23. The van der Waals surface area contributed by atoms with E-state index in [-0.39, 0.29) is 5.91 Å². The standard InChI is InChI=1S/C19H18ClN3O2S/c1-12-17(13(2)25-23-12)11-26-19-16(4-3-9-21-19)18(24)22-10-14-5-7-15(20)8-6-14/h3-9H,10-11H2,1-2H3,(H,22,24). The van der Waals surface area contributed by atoms with Crippen molar-refractivity contribution in [3.63, 3.8) is 0 Å². The molecule has 0 saturated heterocycles. The van der Waals surface area contributed by atoms with Crippen LogP contribution in [-0.4, -0.2) is 16.0 Å². The molecule has 26 heavy (non-hydrogen) atoms. The Bertz CT molecular complexity index is 890. The molecule has 0 bridgehead atoms. The van der Waals surface area contributed by atoms with Gasteiger partial charge in [-0.3, -0.25) is 4.79 Å². The maximum Gasteiger partial charge on any atom is 0.254 e. The highest BCUT2D eigenvalue weighted by Gasteiger charge is 2.15. The second-order valence-corrected chi connectivity index (χ2v) is 7.16. The van der Waals surface area contributed by atoms with Gasteiger partial charge in [0.05, 0.1) is 11.3 Å². The number of carbonyl (C=O) groups is 1. The molecule has 1 amide bonds. The Balaban J connectivity index is 1.67. The van der Waals surface area contributed by atoms with Crippen molar-refractivity contribution in [1.82, 2.24) is 15.5 Å². The lowest BCUT2D eigenvalue weighted by molar-refractivity contribution is 0.0947. The molecular formula is C19H18ClN3O2S. The predicted molar refractivity (Wildman–Crippen MR) is 102 cm³/mol. The van der Waals surface area contributed by atoms with Crippen molar-refractivity contribution in [2.75, 3.05) is 0 Å². The van der Waals surface area contributed by atoms with E-state index in [4.69, 9.17) is 16.1 Å². The number of aryl methyl sites for hydroxylation is 2. The number of pyridine rings is 1. The van der Waals surface area contributed by atoms with Gasteiger partial charge >= 0.3 is 0 Å². The summed E-state index contributed by atoms with van der Waals surface area (Å²) in [5, 5.41) is 8.24. The van der Waals surface area contributed by atoms with E-state index in [1.165, 1.54) is 11.8 Å². The largest absolute Gasteiger partial charge is 0.361 e. The van der Waals surface area contributed by atoms with Gasteiger partial charge in [0.2, 0.25) is 0 Å². The Kier molecular flexibility index (Phi) is 5.96. The summed E-state index contributed by atoms with van der Waals surface area (Å²) in [6, 6.07) is 10.9. The van der Waals surface area contributed by atoms with Crippen molar-refractivity contribution in [2.24, 2.45) is 0 Å². The van der Waals surface area contributed by atoms with Gasteiger partial charge in [-0.2, -0.15) is 0 Å². The van der Waals surface area contributed by atoms with E-state index in [1.807, 2.05) is 26.0 Å². The molecule has 0 saturated carbocycles. The number of aromatic nitrogens is 2. The molecule has 3 rings (SSSR count). The second kappa shape index (κ2) is 8.38. The van der Waals surface area contributed by atoms with E-state index in [9.17, 15) is 4.79 Å². The predicted octanol–water partition coefficient (Wildman–Crippen LogP) is 4.56. The number of halogens is 1. The molecule has 7 heteroatoms. The lowest BCUT2D eigenvalue weighted by Gasteiger charge is -2.09. The first-order valence-corrected chi connectivity index (χ1v) is 9.43. The normalized spacial score (nSPS) is 10.7. The smallest absolute Gasteiger partial charge is 0.254 e. The zero-order valence-corrected chi connectivity index (χ0v) is 16.0. The van der Waals surface area contributed by atoms with Gasteiger partial charge in [-0.1, -0.05) is 28.9 Å². The fourth-order valence-corrected chi connectivity index (χ4v) is 3.68. The van der Waals surface area contributed by atoms with Crippen LogP contribution in [0.3, 0.4) is 0 Å². The first-order chi connectivity index (χ1) is 12.5. The van der Waals surface area contributed by atoms with Crippen molar-refractivity contribution >= 4 is 29.3 Å². The number of nitrogens with zero attached hydrogens (tertiary/aromatic N) is 2. The third-order valence-electron chi connectivity index (χ3n) is 3.92. The average Bonchev–Trinajstić information content (AvgIpc) is 2.97. The van der Waals surface area contributed by atoms with Crippen LogP contribution in [0.4, 0.5) is 0 Å². The molecule has 134 valence electrons. The topological polar surface area (TPSA) is 68.0 Å². The second-order valence-electron chi connectivity index (χ2n) is 5.76. The number of rotatable bonds is 6. The molecule has 1 N–H and O–H groups in total. The Morgan fingerprint density at radius 2 is 2.00 bits per heavy atom. The molecule has 0 aliphatic heterocycles. The summed E-state index contributed by atoms with van der Waals surface area (Å²) in [6.45, 7) is 4.22. The summed E-state index contributed by atoms with van der Waals surface area (Å²) in [6.07, 6.45) is 1.69. The fourth-order valence-electron chi connectivity index (χ4n) is 2.41. The highest BCUT2D eigenvalue weighted by atomic mass is 35.5. The number of benzene rings is 1. The maximum atomic E-state index is 12.6. The van der Waals surface area contributed by atoms with Crippen LogP contribution in [0.5, 0.6) is 0 Å². The Labute approximate surface area is 161 Å². The van der Waals surface area contributed by atoms with Crippen molar-refractivity contribution in [2.45, 2.75) is 31.2 Å². The van der Waals surface area contributed by atoms with Crippen LogP contribution in [0.15, 0.2) is 52.1 Å². The van der Waals surface area contributed by atoms with E-state index in [0.717, 1.165) is 22.6 Å². The summed E-state index contributed by atoms with van der Waals surface area (Å²) in [5.74, 6) is 1.28. The molecule has 5 nitrogen and oxygen atoms in total. The first-order valence-electron chi connectivity index (χ1n) is 8.07. The zero-order valence-electron chi connectivity index (χ0n) is 14.5. The van der Waals surface area contributed by atoms with Gasteiger partial charge in [-0.15, -0.1) is 11.8 Å². The minimum Gasteiger partial charge on any atom is -0.361 e. The van der Waals surface area contributed by atoms with E-state index < -0.39 is 0 Å². The minimum atomic E-state index is -0.158. The molecule has 1 aromatic carbocycles. The summed E-state index contributed by atoms with van der Waals surface area (Å²) >= 11 is 7.38. The van der Waals surface area contributed by atoms with Gasteiger partial charge in [-0.25, -0.2) is 4.98 Å². The lowest BCUT2D eigenvalue weighted by atomic mass is 10.2. The van der Waals surface area contributed by atoms with Crippen molar-refractivity contribution < 1.29 is 9.32 Å². The Hall–Kier alpha value is -2.31. The third-order valence-corrected chi connectivity index (χ3v) is 5.20. The molecule has 0 unspecified atom stereocenters. The van der Waals surface area contributed by atoms with Crippen LogP contribution >= 0.6 is 23.4 Å². The molecule has 0 spiro atoms. The number of amides is 1. The van der Waals surface area contributed by atoms with Crippen molar-refractivity contribution in [3.05, 3.63) is 75.8 Å². The van der Waals surface area contributed by atoms with E-state index in [2.05, 4.69) is 15.5 Å². The van der Waals surface area contributed by atoms with Gasteiger partial charge in [0.1, 0.15) is 10.8 Å². The summed E-state index contributed by atoms with van der Waals surface area (Å²) < 4.78 is 5.18. The van der Waals surface area contributed by atoms with Gasteiger partial charge in [-0.05, 0) is 43.7 Å². The third kappa shape index (κ3) is 4.45. The van der Waals surface area contributed by atoms with E-state index in [1.54, 1.807) is 30.5 Å². The summed E-state index contributed by atoms with van der Waals surface area (Å²) in [4.78, 5) is 16.9. The highest BCUT2D eigenvalue weighted by molar-refractivity contribution is 7.98.